The van der Waals surface area contributed by atoms with Crippen molar-refractivity contribution in [3.8, 4) is 5.75 Å². The molecule has 3 N–H and O–H groups in total. The van der Waals surface area contributed by atoms with Crippen LogP contribution in [0.1, 0.15) is 5.56 Å². The van der Waals surface area contributed by atoms with Crippen molar-refractivity contribution < 1.29 is 5.11 Å². The molecular formula is C14H12Cl2N2OS. The number of aromatic hydroxyl groups is 1. The standard InChI is InChI=1S/C14H12Cl2N2OS/c1-8-6-10(19)3-5-12(8)17-14(20)18-13-4-2-9(15)7-11(13)16/h2-7,19H,1H3,(H2,17,18,20). The highest BCUT2D eigenvalue weighted by atomic mass is 35.5. The van der Waals surface area contributed by atoms with Gasteiger partial charge in [0.15, 0.2) is 5.11 Å². The van der Waals surface area contributed by atoms with Gasteiger partial charge in [-0.2, -0.15) is 0 Å². The minimum absolute atomic E-state index is 0.215. The van der Waals surface area contributed by atoms with Crippen LogP contribution >= 0.6 is 35.4 Å². The van der Waals surface area contributed by atoms with Crippen LogP contribution in [-0.2, 0) is 0 Å². The minimum atomic E-state index is 0.215. The number of benzene rings is 2. The van der Waals surface area contributed by atoms with E-state index in [-0.39, 0.29) is 5.75 Å². The third-order valence-corrected chi connectivity index (χ3v) is 3.39. The van der Waals surface area contributed by atoms with Gasteiger partial charge in [-0.15, -0.1) is 0 Å². The number of phenols is 1. The van der Waals surface area contributed by atoms with Gasteiger partial charge in [-0.3, -0.25) is 0 Å². The number of rotatable bonds is 2. The molecule has 0 aliphatic heterocycles. The van der Waals surface area contributed by atoms with Gasteiger partial charge < -0.3 is 15.7 Å². The van der Waals surface area contributed by atoms with Crippen molar-refractivity contribution >= 4 is 51.9 Å². The van der Waals surface area contributed by atoms with E-state index in [2.05, 4.69) is 10.6 Å². The summed E-state index contributed by atoms with van der Waals surface area (Å²) in [5.74, 6) is 0.215. The van der Waals surface area contributed by atoms with E-state index in [1.54, 1.807) is 36.4 Å². The van der Waals surface area contributed by atoms with Crippen LogP contribution in [0.3, 0.4) is 0 Å². The number of halogens is 2. The molecule has 0 aromatic heterocycles. The molecular weight excluding hydrogens is 315 g/mol. The molecule has 0 bridgehead atoms. The van der Waals surface area contributed by atoms with Crippen LogP contribution in [0.2, 0.25) is 10.0 Å². The van der Waals surface area contributed by atoms with E-state index in [1.807, 2.05) is 6.92 Å². The smallest absolute Gasteiger partial charge is 0.175 e. The Morgan fingerprint density at radius 2 is 1.70 bits per heavy atom. The normalized spacial score (nSPS) is 10.2. The van der Waals surface area contributed by atoms with E-state index in [0.29, 0.717) is 20.8 Å². The molecule has 0 saturated carbocycles. The Kier molecular flexibility index (Phi) is 4.70. The van der Waals surface area contributed by atoms with E-state index in [9.17, 15) is 5.11 Å². The molecule has 0 amide bonds. The van der Waals surface area contributed by atoms with Crippen molar-refractivity contribution in [1.82, 2.24) is 0 Å². The first kappa shape index (κ1) is 14.9. The number of thiocarbonyl (C=S) groups is 1. The van der Waals surface area contributed by atoms with Gasteiger partial charge >= 0.3 is 0 Å². The number of anilines is 2. The summed E-state index contributed by atoms with van der Waals surface area (Å²) in [4.78, 5) is 0. The molecule has 2 rings (SSSR count). The zero-order valence-corrected chi connectivity index (χ0v) is 12.9. The molecule has 0 unspecified atom stereocenters. The van der Waals surface area contributed by atoms with Crippen LogP contribution in [0.15, 0.2) is 36.4 Å². The Balaban J connectivity index is 2.09. The lowest BCUT2D eigenvalue weighted by molar-refractivity contribution is 0.475. The first-order valence-electron chi connectivity index (χ1n) is 5.78. The molecule has 0 heterocycles. The summed E-state index contributed by atoms with van der Waals surface area (Å²) in [5.41, 5.74) is 2.37. The maximum atomic E-state index is 9.36. The van der Waals surface area contributed by atoms with Crippen LogP contribution in [0.25, 0.3) is 0 Å². The largest absolute Gasteiger partial charge is 0.508 e. The molecule has 0 spiro atoms. The molecule has 0 radical (unpaired) electrons. The van der Waals surface area contributed by atoms with Crippen molar-refractivity contribution in [2.24, 2.45) is 0 Å². The third kappa shape index (κ3) is 3.76. The van der Waals surface area contributed by atoms with E-state index < -0.39 is 0 Å². The molecule has 2 aromatic carbocycles. The zero-order chi connectivity index (χ0) is 14.7. The Morgan fingerprint density at radius 3 is 2.35 bits per heavy atom. The summed E-state index contributed by atoms with van der Waals surface area (Å²) in [6, 6.07) is 10.1. The molecule has 3 nitrogen and oxygen atoms in total. The molecule has 0 atom stereocenters. The van der Waals surface area contributed by atoms with Crippen molar-refractivity contribution in [2.45, 2.75) is 6.92 Å². The topological polar surface area (TPSA) is 44.3 Å². The Hall–Kier alpha value is -1.49. The highest BCUT2D eigenvalue weighted by molar-refractivity contribution is 7.80. The van der Waals surface area contributed by atoms with Crippen molar-refractivity contribution in [1.29, 1.82) is 0 Å². The second-order valence-electron chi connectivity index (χ2n) is 4.20. The second kappa shape index (κ2) is 6.31. The number of hydrogen-bond donors (Lipinski definition) is 3. The highest BCUT2D eigenvalue weighted by Gasteiger charge is 2.05. The van der Waals surface area contributed by atoms with Crippen molar-refractivity contribution in [3.63, 3.8) is 0 Å². The van der Waals surface area contributed by atoms with Gasteiger partial charge in [0.25, 0.3) is 0 Å². The summed E-state index contributed by atoms with van der Waals surface area (Å²) in [5, 5.41) is 16.9. The molecule has 0 aliphatic carbocycles. The maximum absolute atomic E-state index is 9.36. The van der Waals surface area contributed by atoms with Gasteiger partial charge in [-0.25, -0.2) is 0 Å². The van der Waals surface area contributed by atoms with Crippen LogP contribution in [0.5, 0.6) is 5.75 Å². The lowest BCUT2D eigenvalue weighted by Gasteiger charge is -2.13. The van der Waals surface area contributed by atoms with Crippen molar-refractivity contribution in [3.05, 3.63) is 52.0 Å². The van der Waals surface area contributed by atoms with Gasteiger partial charge in [0.1, 0.15) is 5.75 Å². The fraction of sp³-hybridized carbons (Fsp3) is 0.0714. The van der Waals surface area contributed by atoms with Gasteiger partial charge in [0.05, 0.1) is 10.7 Å². The lowest BCUT2D eigenvalue weighted by Crippen LogP contribution is -2.19. The average Bonchev–Trinajstić information content (AvgIpc) is 2.36. The van der Waals surface area contributed by atoms with Gasteiger partial charge in [0.2, 0.25) is 0 Å². The monoisotopic (exact) mass is 326 g/mol. The van der Waals surface area contributed by atoms with E-state index in [4.69, 9.17) is 35.4 Å². The third-order valence-electron chi connectivity index (χ3n) is 2.64. The quantitative estimate of drug-likeness (QED) is 0.547. The molecule has 6 heteroatoms. The molecule has 0 saturated heterocycles. The van der Waals surface area contributed by atoms with Crippen LogP contribution in [-0.4, -0.2) is 10.2 Å². The van der Waals surface area contributed by atoms with Crippen LogP contribution < -0.4 is 10.6 Å². The summed E-state index contributed by atoms with van der Waals surface area (Å²) in [6.45, 7) is 1.87. The Bertz CT molecular complexity index is 606. The van der Waals surface area contributed by atoms with Gasteiger partial charge in [-0.1, -0.05) is 23.2 Å². The van der Waals surface area contributed by atoms with Crippen LogP contribution in [0, 0.1) is 6.92 Å². The van der Waals surface area contributed by atoms with Crippen molar-refractivity contribution in [2.75, 3.05) is 10.6 Å². The number of hydrogen-bond acceptors (Lipinski definition) is 2. The minimum Gasteiger partial charge on any atom is -0.508 e. The predicted octanol–water partition coefficient (Wildman–Crippen LogP) is 4.82. The zero-order valence-electron chi connectivity index (χ0n) is 10.6. The first-order chi connectivity index (χ1) is 9.45. The number of phenolic OH excluding ortho intramolecular Hbond substituents is 1. The number of aryl methyl sites for hydroxylation is 1. The fourth-order valence-corrected chi connectivity index (χ4v) is 2.33. The SMILES string of the molecule is Cc1cc(O)ccc1NC(=S)Nc1ccc(Cl)cc1Cl. The fourth-order valence-electron chi connectivity index (χ4n) is 1.65. The van der Waals surface area contributed by atoms with E-state index in [1.165, 1.54) is 0 Å². The Morgan fingerprint density at radius 1 is 1.05 bits per heavy atom. The summed E-state index contributed by atoms with van der Waals surface area (Å²) >= 11 is 17.1. The van der Waals surface area contributed by atoms with E-state index in [0.717, 1.165) is 11.3 Å². The first-order valence-corrected chi connectivity index (χ1v) is 6.95. The molecule has 0 fully saturated rings. The van der Waals surface area contributed by atoms with Crippen LogP contribution in [0.4, 0.5) is 11.4 Å². The van der Waals surface area contributed by atoms with E-state index >= 15 is 0 Å². The molecule has 20 heavy (non-hydrogen) atoms. The molecule has 104 valence electrons. The Labute approximate surface area is 132 Å². The summed E-state index contributed by atoms with van der Waals surface area (Å²) in [6.07, 6.45) is 0. The molecule has 2 aromatic rings. The lowest BCUT2D eigenvalue weighted by atomic mass is 10.2. The summed E-state index contributed by atoms with van der Waals surface area (Å²) in [7, 11) is 0. The maximum Gasteiger partial charge on any atom is 0.175 e. The van der Waals surface area contributed by atoms with Gasteiger partial charge in [0, 0.05) is 10.7 Å². The van der Waals surface area contributed by atoms with Gasteiger partial charge in [-0.05, 0) is 61.1 Å². The average molecular weight is 327 g/mol. The molecule has 0 aliphatic rings. The number of nitrogens with one attached hydrogen (secondary N) is 2. The summed E-state index contributed by atoms with van der Waals surface area (Å²) < 4.78 is 0. The highest BCUT2D eigenvalue weighted by Crippen LogP contribution is 2.26. The second-order valence-corrected chi connectivity index (χ2v) is 5.45. The predicted molar refractivity (Wildman–Crippen MR) is 89.1 cm³/mol.